The van der Waals surface area contributed by atoms with Crippen molar-refractivity contribution >= 4 is 15.9 Å². The number of nitrogens with two attached hydrogens (primary N) is 1. The number of methoxy groups -OCH3 is 1. The monoisotopic (exact) mass is 318 g/mol. The van der Waals surface area contributed by atoms with Gasteiger partial charge in [-0.05, 0) is 37.5 Å². The number of ether oxygens (including phenoxy) is 1. The van der Waals surface area contributed by atoms with Crippen LogP contribution in [0, 0.1) is 12.7 Å². The van der Waals surface area contributed by atoms with Crippen molar-refractivity contribution in [1.29, 1.82) is 0 Å². The lowest BCUT2D eigenvalue weighted by Crippen LogP contribution is -2.26. The van der Waals surface area contributed by atoms with Crippen LogP contribution in [0.1, 0.15) is 28.8 Å². The first-order valence-electron chi connectivity index (χ1n) is 6.37. The van der Waals surface area contributed by atoms with Crippen LogP contribution < -0.4 is 10.5 Å². The van der Waals surface area contributed by atoms with E-state index < -0.39 is 21.7 Å². The lowest BCUT2D eigenvalue weighted by atomic mass is 10.1. The Morgan fingerprint density at radius 1 is 1.38 bits per heavy atom. The summed E-state index contributed by atoms with van der Waals surface area (Å²) in [7, 11) is -2.42. The summed E-state index contributed by atoms with van der Waals surface area (Å²) in [4.78, 5) is 11.6. The number of amides is 1. The molecule has 1 amide bonds. The molecule has 21 heavy (non-hydrogen) atoms. The summed E-state index contributed by atoms with van der Waals surface area (Å²) in [5.41, 5.74) is -0.178. The zero-order valence-corrected chi connectivity index (χ0v) is 12.8. The van der Waals surface area contributed by atoms with Crippen LogP contribution in [0.4, 0.5) is 4.39 Å². The normalized spacial score (nSPS) is 11.4. The molecule has 0 fully saturated rings. The molecule has 3 N–H and O–H groups in total. The number of hydrogen-bond acceptors (Lipinski definition) is 4. The Morgan fingerprint density at radius 3 is 2.62 bits per heavy atom. The Bertz CT molecular complexity index is 617. The number of unbranched alkanes of at least 4 members (excludes halogenated alkanes) is 1. The fourth-order valence-electron chi connectivity index (χ4n) is 1.80. The van der Waals surface area contributed by atoms with Crippen molar-refractivity contribution in [2.24, 2.45) is 5.14 Å². The van der Waals surface area contributed by atoms with Gasteiger partial charge in [-0.3, -0.25) is 4.79 Å². The van der Waals surface area contributed by atoms with Crippen molar-refractivity contribution in [2.45, 2.75) is 24.7 Å². The third-order valence-electron chi connectivity index (χ3n) is 2.88. The van der Waals surface area contributed by atoms with Crippen LogP contribution in [0.25, 0.3) is 0 Å². The molecule has 0 bridgehead atoms. The van der Waals surface area contributed by atoms with Crippen molar-refractivity contribution < 1.29 is 22.3 Å². The quantitative estimate of drug-likeness (QED) is 0.731. The van der Waals surface area contributed by atoms with Gasteiger partial charge in [0.15, 0.2) is 0 Å². The summed E-state index contributed by atoms with van der Waals surface area (Å²) in [5, 5.41) is 7.56. The van der Waals surface area contributed by atoms with Crippen LogP contribution in [0.3, 0.4) is 0 Å². The molecule has 0 saturated heterocycles. The molecule has 1 aromatic rings. The SMILES string of the molecule is COCCCCNC(=O)c1cc(S(N)(=O)=O)c(C)cc1F. The smallest absolute Gasteiger partial charge is 0.254 e. The van der Waals surface area contributed by atoms with Gasteiger partial charge in [0.2, 0.25) is 10.0 Å². The van der Waals surface area contributed by atoms with Crippen LogP contribution >= 0.6 is 0 Å². The number of carbonyl (C=O) groups excluding carboxylic acids is 1. The maximum atomic E-state index is 13.8. The lowest BCUT2D eigenvalue weighted by Gasteiger charge is -2.09. The van der Waals surface area contributed by atoms with E-state index in [1.165, 1.54) is 6.92 Å². The molecule has 0 aliphatic rings. The van der Waals surface area contributed by atoms with Crippen molar-refractivity contribution in [3.05, 3.63) is 29.1 Å². The van der Waals surface area contributed by atoms with Crippen LogP contribution in [0.5, 0.6) is 0 Å². The van der Waals surface area contributed by atoms with Gasteiger partial charge in [0.05, 0.1) is 10.5 Å². The molecule has 1 aromatic carbocycles. The first kappa shape index (κ1) is 17.5. The van der Waals surface area contributed by atoms with E-state index in [2.05, 4.69) is 5.32 Å². The predicted octanol–water partition coefficient (Wildman–Crippen LogP) is 0.938. The highest BCUT2D eigenvalue weighted by Crippen LogP contribution is 2.19. The van der Waals surface area contributed by atoms with Gasteiger partial charge in [-0.1, -0.05) is 0 Å². The zero-order valence-electron chi connectivity index (χ0n) is 12.0. The first-order chi connectivity index (χ1) is 9.77. The van der Waals surface area contributed by atoms with Gasteiger partial charge in [-0.25, -0.2) is 17.9 Å². The summed E-state index contributed by atoms with van der Waals surface area (Å²) >= 11 is 0. The number of rotatable bonds is 7. The van der Waals surface area contributed by atoms with Crippen molar-refractivity contribution in [2.75, 3.05) is 20.3 Å². The Kier molecular flexibility index (Phi) is 6.25. The highest BCUT2D eigenvalue weighted by molar-refractivity contribution is 7.89. The van der Waals surface area contributed by atoms with Gasteiger partial charge in [0, 0.05) is 20.3 Å². The first-order valence-corrected chi connectivity index (χ1v) is 7.92. The second kappa shape index (κ2) is 7.48. The van der Waals surface area contributed by atoms with E-state index in [1.54, 1.807) is 7.11 Å². The van der Waals surface area contributed by atoms with Crippen LogP contribution in [0.2, 0.25) is 0 Å². The molecule has 0 aliphatic heterocycles. The van der Waals surface area contributed by atoms with E-state index in [1.807, 2.05) is 0 Å². The number of hydrogen-bond donors (Lipinski definition) is 2. The fraction of sp³-hybridized carbons (Fsp3) is 0.462. The number of carbonyl (C=O) groups is 1. The van der Waals surface area contributed by atoms with Gasteiger partial charge in [0.1, 0.15) is 5.82 Å². The van der Waals surface area contributed by atoms with E-state index in [-0.39, 0.29) is 16.0 Å². The third kappa shape index (κ3) is 5.07. The molecule has 0 saturated carbocycles. The van der Waals surface area contributed by atoms with Gasteiger partial charge < -0.3 is 10.1 Å². The molecule has 0 heterocycles. The molecular weight excluding hydrogens is 299 g/mol. The molecular formula is C13H19FN2O4S. The number of sulfonamides is 1. The average Bonchev–Trinajstić information content (AvgIpc) is 2.36. The molecule has 8 heteroatoms. The second-order valence-electron chi connectivity index (χ2n) is 4.60. The van der Waals surface area contributed by atoms with Gasteiger partial charge in [-0.2, -0.15) is 0 Å². The van der Waals surface area contributed by atoms with Crippen molar-refractivity contribution in [3.63, 3.8) is 0 Å². The molecule has 118 valence electrons. The van der Waals surface area contributed by atoms with Gasteiger partial charge in [0.25, 0.3) is 5.91 Å². The largest absolute Gasteiger partial charge is 0.385 e. The Hall–Kier alpha value is -1.51. The Labute approximate surface area is 123 Å². The summed E-state index contributed by atoms with van der Waals surface area (Å²) in [6.07, 6.45) is 1.44. The highest BCUT2D eigenvalue weighted by Gasteiger charge is 2.19. The Morgan fingerprint density at radius 2 is 2.05 bits per heavy atom. The molecule has 0 spiro atoms. The molecule has 1 rings (SSSR count). The number of primary sulfonamides is 1. The molecule has 6 nitrogen and oxygen atoms in total. The minimum atomic E-state index is -4.00. The van der Waals surface area contributed by atoms with Crippen LogP contribution in [-0.2, 0) is 14.8 Å². The van der Waals surface area contributed by atoms with Crippen molar-refractivity contribution in [1.82, 2.24) is 5.32 Å². The number of aryl methyl sites for hydroxylation is 1. The number of nitrogens with one attached hydrogen (secondary N) is 1. The van der Waals surface area contributed by atoms with Crippen LogP contribution in [-0.4, -0.2) is 34.6 Å². The lowest BCUT2D eigenvalue weighted by molar-refractivity contribution is 0.0947. The Balaban J connectivity index is 2.85. The maximum absolute atomic E-state index is 13.8. The molecule has 0 aliphatic carbocycles. The van der Waals surface area contributed by atoms with Crippen molar-refractivity contribution in [3.8, 4) is 0 Å². The second-order valence-corrected chi connectivity index (χ2v) is 6.13. The molecule has 0 aromatic heterocycles. The van der Waals surface area contributed by atoms with E-state index >= 15 is 0 Å². The van der Waals surface area contributed by atoms with E-state index in [4.69, 9.17) is 9.88 Å². The topological polar surface area (TPSA) is 98.5 Å². The minimum absolute atomic E-state index is 0.159. The molecule has 0 atom stereocenters. The molecule has 0 unspecified atom stereocenters. The average molecular weight is 318 g/mol. The van der Waals surface area contributed by atoms with E-state index in [9.17, 15) is 17.6 Å². The summed E-state index contributed by atoms with van der Waals surface area (Å²) in [6, 6.07) is 1.95. The highest BCUT2D eigenvalue weighted by atomic mass is 32.2. The predicted molar refractivity (Wildman–Crippen MR) is 76.0 cm³/mol. The fourth-order valence-corrected chi connectivity index (χ4v) is 2.59. The van der Waals surface area contributed by atoms with E-state index in [0.29, 0.717) is 19.6 Å². The number of benzene rings is 1. The summed E-state index contributed by atoms with van der Waals surface area (Å²) < 4.78 is 41.4. The maximum Gasteiger partial charge on any atom is 0.254 e. The summed E-state index contributed by atoms with van der Waals surface area (Å²) in [5.74, 6) is -1.45. The standard InChI is InChI=1S/C13H19FN2O4S/c1-9-7-11(14)10(8-12(9)21(15,18)19)13(17)16-5-3-4-6-20-2/h7-8H,3-6H2,1-2H3,(H,16,17)(H2,15,18,19). The minimum Gasteiger partial charge on any atom is -0.385 e. The number of halogens is 1. The van der Waals surface area contributed by atoms with Gasteiger partial charge >= 0.3 is 0 Å². The van der Waals surface area contributed by atoms with E-state index in [0.717, 1.165) is 18.6 Å². The van der Waals surface area contributed by atoms with Crippen LogP contribution in [0.15, 0.2) is 17.0 Å². The zero-order chi connectivity index (χ0) is 16.0. The summed E-state index contributed by atoms with van der Waals surface area (Å²) in [6.45, 7) is 2.33. The third-order valence-corrected chi connectivity index (χ3v) is 3.93. The van der Waals surface area contributed by atoms with Gasteiger partial charge in [-0.15, -0.1) is 0 Å². The molecule has 0 radical (unpaired) electrons.